The SMILES string of the molecule is Cc1cc(=O)cc(N2CCOCC2)s1. The highest BCUT2D eigenvalue weighted by atomic mass is 32.1. The van der Waals surface area contributed by atoms with Gasteiger partial charge in [-0.15, -0.1) is 11.3 Å². The van der Waals surface area contributed by atoms with Crippen LogP contribution in [0.1, 0.15) is 4.88 Å². The Bertz CT molecular complexity index is 369. The van der Waals surface area contributed by atoms with E-state index >= 15 is 0 Å². The second-order valence-electron chi connectivity index (χ2n) is 3.34. The summed E-state index contributed by atoms with van der Waals surface area (Å²) in [5.74, 6) is 0. The molecule has 0 unspecified atom stereocenters. The molecule has 4 heteroatoms. The van der Waals surface area contributed by atoms with Gasteiger partial charge in [0.15, 0.2) is 5.43 Å². The van der Waals surface area contributed by atoms with Gasteiger partial charge in [-0.3, -0.25) is 4.79 Å². The number of rotatable bonds is 1. The van der Waals surface area contributed by atoms with Gasteiger partial charge in [0.2, 0.25) is 0 Å². The average molecular weight is 211 g/mol. The van der Waals surface area contributed by atoms with Crippen LogP contribution in [0, 0.1) is 6.92 Å². The number of anilines is 1. The van der Waals surface area contributed by atoms with Crippen LogP contribution in [0.5, 0.6) is 0 Å². The number of hydrogen-bond acceptors (Lipinski definition) is 4. The topological polar surface area (TPSA) is 29.5 Å². The van der Waals surface area contributed by atoms with E-state index < -0.39 is 0 Å². The summed E-state index contributed by atoms with van der Waals surface area (Å²) in [6.07, 6.45) is 0. The van der Waals surface area contributed by atoms with Crippen molar-refractivity contribution in [3.63, 3.8) is 0 Å². The van der Waals surface area contributed by atoms with Gasteiger partial charge in [0, 0.05) is 24.0 Å². The van der Waals surface area contributed by atoms with Crippen LogP contribution < -0.4 is 10.3 Å². The molecule has 0 radical (unpaired) electrons. The molecule has 14 heavy (non-hydrogen) atoms. The molecule has 1 aliphatic heterocycles. The summed E-state index contributed by atoms with van der Waals surface area (Å²) in [7, 11) is 0. The number of hydrogen-bond donors (Lipinski definition) is 0. The number of nitrogens with zero attached hydrogens (tertiary/aromatic N) is 1. The normalized spacial score (nSPS) is 17.1. The molecule has 0 bridgehead atoms. The molecule has 2 rings (SSSR count). The van der Waals surface area contributed by atoms with Crippen LogP contribution in [0.4, 0.5) is 5.00 Å². The highest BCUT2D eigenvalue weighted by molar-refractivity contribution is 7.15. The molecular formula is C10H13NO2S. The smallest absolute Gasteiger partial charge is 0.182 e. The van der Waals surface area contributed by atoms with Gasteiger partial charge in [-0.25, -0.2) is 0 Å². The summed E-state index contributed by atoms with van der Waals surface area (Å²) in [5.41, 5.74) is 0.0998. The minimum atomic E-state index is 0.0998. The lowest BCUT2D eigenvalue weighted by atomic mass is 10.4. The second-order valence-corrected chi connectivity index (χ2v) is 4.61. The maximum Gasteiger partial charge on any atom is 0.182 e. The maximum absolute atomic E-state index is 11.3. The fourth-order valence-corrected chi connectivity index (χ4v) is 2.52. The first kappa shape index (κ1) is 9.68. The largest absolute Gasteiger partial charge is 0.378 e. The molecule has 0 N–H and O–H groups in total. The third kappa shape index (κ3) is 2.13. The highest BCUT2D eigenvalue weighted by Crippen LogP contribution is 2.21. The van der Waals surface area contributed by atoms with E-state index in [0.29, 0.717) is 0 Å². The number of aryl methyl sites for hydroxylation is 1. The van der Waals surface area contributed by atoms with Crippen molar-refractivity contribution in [2.24, 2.45) is 0 Å². The molecule has 3 nitrogen and oxygen atoms in total. The molecule has 2 heterocycles. The molecule has 0 atom stereocenters. The Hall–Kier alpha value is -0.870. The monoisotopic (exact) mass is 211 g/mol. The Morgan fingerprint density at radius 3 is 2.71 bits per heavy atom. The van der Waals surface area contributed by atoms with Crippen molar-refractivity contribution in [1.82, 2.24) is 0 Å². The summed E-state index contributed by atoms with van der Waals surface area (Å²) in [6, 6.07) is 3.39. The molecule has 1 aromatic heterocycles. The van der Waals surface area contributed by atoms with Gasteiger partial charge in [0.25, 0.3) is 0 Å². The lowest BCUT2D eigenvalue weighted by Gasteiger charge is -2.28. The zero-order chi connectivity index (χ0) is 9.97. The van der Waals surface area contributed by atoms with Crippen LogP contribution in [0.15, 0.2) is 16.9 Å². The molecule has 0 aromatic carbocycles. The fraction of sp³-hybridized carbons (Fsp3) is 0.500. The zero-order valence-electron chi connectivity index (χ0n) is 8.16. The van der Waals surface area contributed by atoms with Crippen LogP contribution in [-0.4, -0.2) is 26.3 Å². The van der Waals surface area contributed by atoms with Crippen molar-refractivity contribution in [1.29, 1.82) is 0 Å². The van der Waals surface area contributed by atoms with E-state index in [1.165, 1.54) is 0 Å². The fourth-order valence-electron chi connectivity index (χ4n) is 1.53. The standard InChI is InChI=1S/C10H13NO2S/c1-8-6-9(12)7-10(14-8)11-2-4-13-5-3-11/h6-7H,2-5H2,1H3. The predicted molar refractivity (Wildman–Crippen MR) is 58.4 cm³/mol. The summed E-state index contributed by atoms with van der Waals surface area (Å²) < 4.78 is 5.27. The average Bonchev–Trinajstić information content (AvgIpc) is 2.18. The van der Waals surface area contributed by atoms with Crippen molar-refractivity contribution in [3.8, 4) is 0 Å². The van der Waals surface area contributed by atoms with Gasteiger partial charge in [0.1, 0.15) is 0 Å². The Morgan fingerprint density at radius 2 is 2.07 bits per heavy atom. The molecule has 1 aliphatic rings. The first-order valence-electron chi connectivity index (χ1n) is 4.70. The predicted octanol–water partition coefficient (Wildman–Crippen LogP) is 1.25. The summed E-state index contributed by atoms with van der Waals surface area (Å²) >= 11 is 1.67. The van der Waals surface area contributed by atoms with Crippen LogP contribution in [0.3, 0.4) is 0 Å². The van der Waals surface area contributed by atoms with E-state index in [1.54, 1.807) is 23.5 Å². The Balaban J connectivity index is 2.26. The minimum Gasteiger partial charge on any atom is -0.378 e. The van der Waals surface area contributed by atoms with Gasteiger partial charge in [-0.05, 0) is 13.0 Å². The molecular weight excluding hydrogens is 198 g/mol. The van der Waals surface area contributed by atoms with Crippen LogP contribution in [-0.2, 0) is 4.74 Å². The van der Waals surface area contributed by atoms with Crippen LogP contribution >= 0.6 is 11.3 Å². The van der Waals surface area contributed by atoms with E-state index in [2.05, 4.69) is 4.90 Å². The van der Waals surface area contributed by atoms with E-state index in [1.807, 2.05) is 6.92 Å². The van der Waals surface area contributed by atoms with Crippen molar-refractivity contribution < 1.29 is 4.74 Å². The molecule has 1 aromatic rings. The molecule has 0 amide bonds. The van der Waals surface area contributed by atoms with Crippen molar-refractivity contribution >= 4 is 16.3 Å². The summed E-state index contributed by atoms with van der Waals surface area (Å²) in [4.78, 5) is 14.6. The lowest BCUT2D eigenvalue weighted by Crippen LogP contribution is -2.36. The molecule has 1 fully saturated rings. The van der Waals surface area contributed by atoms with Crippen LogP contribution in [0.2, 0.25) is 0 Å². The van der Waals surface area contributed by atoms with Gasteiger partial charge >= 0.3 is 0 Å². The van der Waals surface area contributed by atoms with Crippen molar-refractivity contribution in [2.45, 2.75) is 6.92 Å². The van der Waals surface area contributed by atoms with Gasteiger partial charge < -0.3 is 9.64 Å². The third-order valence-corrected chi connectivity index (χ3v) is 3.22. The Morgan fingerprint density at radius 1 is 1.36 bits per heavy atom. The maximum atomic E-state index is 11.3. The second kappa shape index (κ2) is 4.11. The molecule has 1 saturated heterocycles. The first-order valence-corrected chi connectivity index (χ1v) is 5.52. The van der Waals surface area contributed by atoms with E-state index in [-0.39, 0.29) is 5.43 Å². The van der Waals surface area contributed by atoms with Gasteiger partial charge in [-0.1, -0.05) is 0 Å². The van der Waals surface area contributed by atoms with Crippen LogP contribution in [0.25, 0.3) is 0 Å². The summed E-state index contributed by atoms with van der Waals surface area (Å²) in [5, 5.41) is 1.07. The van der Waals surface area contributed by atoms with Crippen molar-refractivity contribution in [2.75, 3.05) is 31.2 Å². The minimum absolute atomic E-state index is 0.0998. The first-order chi connectivity index (χ1) is 6.75. The Kier molecular flexibility index (Phi) is 2.84. The zero-order valence-corrected chi connectivity index (χ0v) is 8.97. The van der Waals surface area contributed by atoms with E-state index in [0.717, 1.165) is 36.2 Å². The van der Waals surface area contributed by atoms with E-state index in [4.69, 9.17) is 4.74 Å². The molecule has 0 spiro atoms. The number of ether oxygens (including phenoxy) is 1. The quantitative estimate of drug-likeness (QED) is 0.700. The van der Waals surface area contributed by atoms with Crippen molar-refractivity contribution in [3.05, 3.63) is 27.2 Å². The molecule has 0 saturated carbocycles. The molecule has 76 valence electrons. The third-order valence-electron chi connectivity index (χ3n) is 2.20. The Labute approximate surface area is 86.9 Å². The van der Waals surface area contributed by atoms with E-state index in [9.17, 15) is 4.79 Å². The van der Waals surface area contributed by atoms with Gasteiger partial charge in [-0.2, -0.15) is 0 Å². The lowest BCUT2D eigenvalue weighted by molar-refractivity contribution is 0.123. The highest BCUT2D eigenvalue weighted by Gasteiger charge is 2.12. The van der Waals surface area contributed by atoms with Gasteiger partial charge in [0.05, 0.1) is 18.2 Å². The summed E-state index contributed by atoms with van der Waals surface area (Å²) in [6.45, 7) is 5.26. The number of morpholine rings is 1. The molecule has 0 aliphatic carbocycles.